The Morgan fingerprint density at radius 2 is 1.85 bits per heavy atom. The highest BCUT2D eigenvalue weighted by Gasteiger charge is 2.21. The van der Waals surface area contributed by atoms with Gasteiger partial charge in [-0.2, -0.15) is 0 Å². The number of rotatable bonds is 4. The zero-order chi connectivity index (χ0) is 19.4. The van der Waals surface area contributed by atoms with Crippen LogP contribution >= 0.6 is 23.8 Å². The van der Waals surface area contributed by atoms with Gasteiger partial charge in [0, 0.05) is 30.2 Å². The number of halogens is 1. The summed E-state index contributed by atoms with van der Waals surface area (Å²) in [5.41, 5.74) is 0.626. The van der Waals surface area contributed by atoms with E-state index in [-0.39, 0.29) is 17.0 Å². The SMILES string of the molecule is O=C(Oc1ccc(Cl)cc1C(=S)N1CCOCC1)c1ccc([N+](=O)[O-])cc1. The number of carbonyl (C=O) groups excluding carboxylic acids is 1. The van der Waals surface area contributed by atoms with Crippen molar-refractivity contribution < 1.29 is 19.2 Å². The smallest absolute Gasteiger partial charge is 0.343 e. The molecule has 0 spiro atoms. The highest BCUT2D eigenvalue weighted by atomic mass is 35.5. The summed E-state index contributed by atoms with van der Waals surface area (Å²) in [7, 11) is 0. The van der Waals surface area contributed by atoms with Crippen molar-refractivity contribution in [3.63, 3.8) is 0 Å². The molecule has 0 aliphatic carbocycles. The van der Waals surface area contributed by atoms with Crippen molar-refractivity contribution in [2.24, 2.45) is 0 Å². The summed E-state index contributed by atoms with van der Waals surface area (Å²) in [4.78, 5) is 25.1. The fraction of sp³-hybridized carbons (Fsp3) is 0.222. The molecule has 140 valence electrons. The van der Waals surface area contributed by atoms with Crippen LogP contribution in [-0.4, -0.2) is 47.1 Å². The van der Waals surface area contributed by atoms with Gasteiger partial charge >= 0.3 is 5.97 Å². The van der Waals surface area contributed by atoms with Gasteiger partial charge in [0.1, 0.15) is 10.7 Å². The predicted molar refractivity (Wildman–Crippen MR) is 104 cm³/mol. The van der Waals surface area contributed by atoms with Crippen LogP contribution in [0.5, 0.6) is 5.75 Å². The van der Waals surface area contributed by atoms with E-state index in [2.05, 4.69) is 0 Å². The molecule has 0 amide bonds. The summed E-state index contributed by atoms with van der Waals surface area (Å²) in [6.07, 6.45) is 0. The van der Waals surface area contributed by atoms with E-state index in [1.807, 2.05) is 4.90 Å². The van der Waals surface area contributed by atoms with Crippen LogP contribution < -0.4 is 4.74 Å². The van der Waals surface area contributed by atoms with Gasteiger partial charge in [-0.25, -0.2) is 4.79 Å². The Morgan fingerprint density at radius 1 is 1.19 bits per heavy atom. The minimum absolute atomic E-state index is 0.104. The standard InChI is InChI=1S/C18H15ClN2O5S/c19-13-3-6-16(15(11-13)17(27)20-7-9-25-10-8-20)26-18(22)12-1-4-14(5-2-12)21(23)24/h1-6,11H,7-10H2. The molecule has 3 rings (SSSR count). The van der Waals surface area contributed by atoms with Crippen molar-refractivity contribution in [3.05, 3.63) is 68.7 Å². The molecule has 2 aromatic carbocycles. The molecule has 1 aliphatic rings. The molecule has 27 heavy (non-hydrogen) atoms. The van der Waals surface area contributed by atoms with E-state index in [1.54, 1.807) is 18.2 Å². The van der Waals surface area contributed by atoms with Gasteiger partial charge in [0.2, 0.25) is 0 Å². The number of nitro benzene ring substituents is 1. The molecule has 2 aromatic rings. The minimum atomic E-state index is -0.641. The molecule has 1 saturated heterocycles. The number of hydrogen-bond acceptors (Lipinski definition) is 6. The molecule has 0 bridgehead atoms. The van der Waals surface area contributed by atoms with Gasteiger partial charge in [0.15, 0.2) is 0 Å². The zero-order valence-electron chi connectivity index (χ0n) is 14.1. The van der Waals surface area contributed by atoms with Crippen LogP contribution in [0.15, 0.2) is 42.5 Å². The molecule has 0 unspecified atom stereocenters. The average molecular weight is 407 g/mol. The Bertz CT molecular complexity index is 882. The summed E-state index contributed by atoms with van der Waals surface area (Å²) in [5, 5.41) is 11.2. The number of hydrogen-bond donors (Lipinski definition) is 0. The molecule has 7 nitrogen and oxygen atoms in total. The monoisotopic (exact) mass is 406 g/mol. The first-order chi connectivity index (χ1) is 13.0. The van der Waals surface area contributed by atoms with E-state index in [0.29, 0.717) is 41.9 Å². The lowest BCUT2D eigenvalue weighted by molar-refractivity contribution is -0.384. The van der Waals surface area contributed by atoms with Crippen LogP contribution in [0.25, 0.3) is 0 Å². The molecule has 0 radical (unpaired) electrons. The first-order valence-corrected chi connectivity index (χ1v) is 8.87. The van der Waals surface area contributed by atoms with E-state index >= 15 is 0 Å². The zero-order valence-corrected chi connectivity index (χ0v) is 15.7. The molecule has 0 aromatic heterocycles. The largest absolute Gasteiger partial charge is 0.422 e. The number of nitrogens with zero attached hydrogens (tertiary/aromatic N) is 2. The maximum atomic E-state index is 12.4. The Kier molecular flexibility index (Phi) is 6.00. The van der Waals surface area contributed by atoms with Crippen LogP contribution in [0.3, 0.4) is 0 Å². The van der Waals surface area contributed by atoms with E-state index in [4.69, 9.17) is 33.3 Å². The van der Waals surface area contributed by atoms with Gasteiger partial charge in [-0.05, 0) is 30.3 Å². The molecular weight excluding hydrogens is 392 g/mol. The number of carbonyl (C=O) groups is 1. The Labute approximate surface area is 165 Å². The van der Waals surface area contributed by atoms with Crippen molar-refractivity contribution in [3.8, 4) is 5.75 Å². The number of morpholine rings is 1. The second kappa shape index (κ2) is 8.43. The van der Waals surface area contributed by atoms with Crippen LogP contribution in [0.2, 0.25) is 5.02 Å². The average Bonchev–Trinajstić information content (AvgIpc) is 2.69. The topological polar surface area (TPSA) is 81.9 Å². The Balaban J connectivity index is 1.82. The quantitative estimate of drug-likeness (QED) is 0.253. The van der Waals surface area contributed by atoms with Crippen LogP contribution in [0, 0.1) is 10.1 Å². The lowest BCUT2D eigenvalue weighted by Gasteiger charge is -2.29. The number of esters is 1. The van der Waals surface area contributed by atoms with Crippen molar-refractivity contribution in [2.45, 2.75) is 0 Å². The second-order valence-corrected chi connectivity index (χ2v) is 6.56. The normalized spacial score (nSPS) is 13.9. The Hall–Kier alpha value is -2.55. The fourth-order valence-electron chi connectivity index (χ4n) is 2.57. The van der Waals surface area contributed by atoms with E-state index in [0.717, 1.165) is 0 Å². The molecule has 0 N–H and O–H groups in total. The van der Waals surface area contributed by atoms with Gasteiger partial charge in [0.25, 0.3) is 5.69 Å². The molecular formula is C18H15ClN2O5S. The maximum absolute atomic E-state index is 12.4. The van der Waals surface area contributed by atoms with Crippen molar-refractivity contribution in [1.29, 1.82) is 0 Å². The molecule has 0 saturated carbocycles. The number of non-ortho nitro benzene ring substituents is 1. The molecule has 1 fully saturated rings. The van der Waals surface area contributed by atoms with Crippen molar-refractivity contribution in [1.82, 2.24) is 4.90 Å². The third-order valence-electron chi connectivity index (χ3n) is 3.99. The summed E-state index contributed by atoms with van der Waals surface area (Å²) < 4.78 is 10.8. The molecule has 0 atom stereocenters. The van der Waals surface area contributed by atoms with Gasteiger partial charge in [0.05, 0.1) is 29.3 Å². The van der Waals surface area contributed by atoms with Crippen LogP contribution in [0.1, 0.15) is 15.9 Å². The molecule has 1 aliphatic heterocycles. The number of thiocarbonyl (C=S) groups is 1. The fourth-order valence-corrected chi connectivity index (χ4v) is 3.09. The van der Waals surface area contributed by atoms with Crippen molar-refractivity contribution >= 4 is 40.5 Å². The van der Waals surface area contributed by atoms with E-state index < -0.39 is 10.9 Å². The van der Waals surface area contributed by atoms with Gasteiger partial charge in [-0.1, -0.05) is 23.8 Å². The number of benzene rings is 2. The summed E-state index contributed by atoms with van der Waals surface area (Å²) >= 11 is 11.6. The summed E-state index contributed by atoms with van der Waals surface area (Å²) in [5.74, 6) is -0.363. The van der Waals surface area contributed by atoms with Crippen molar-refractivity contribution in [2.75, 3.05) is 26.3 Å². The number of ether oxygens (including phenoxy) is 2. The maximum Gasteiger partial charge on any atom is 0.343 e. The van der Waals surface area contributed by atoms with Gasteiger partial charge in [-0.3, -0.25) is 10.1 Å². The van der Waals surface area contributed by atoms with Crippen LogP contribution in [0.4, 0.5) is 5.69 Å². The van der Waals surface area contributed by atoms with Gasteiger partial charge < -0.3 is 14.4 Å². The molecule has 1 heterocycles. The first kappa shape index (κ1) is 19.2. The number of nitro groups is 1. The van der Waals surface area contributed by atoms with E-state index in [1.165, 1.54) is 24.3 Å². The highest BCUT2D eigenvalue weighted by Crippen LogP contribution is 2.26. The lowest BCUT2D eigenvalue weighted by atomic mass is 10.1. The third-order valence-corrected chi connectivity index (χ3v) is 4.70. The minimum Gasteiger partial charge on any atom is -0.422 e. The summed E-state index contributed by atoms with van der Waals surface area (Å²) in [6.45, 7) is 2.42. The first-order valence-electron chi connectivity index (χ1n) is 8.09. The van der Waals surface area contributed by atoms with E-state index in [9.17, 15) is 14.9 Å². The predicted octanol–water partition coefficient (Wildman–Crippen LogP) is 3.48. The highest BCUT2D eigenvalue weighted by molar-refractivity contribution is 7.80. The Morgan fingerprint density at radius 3 is 2.48 bits per heavy atom. The second-order valence-electron chi connectivity index (χ2n) is 5.74. The molecule has 9 heteroatoms. The lowest BCUT2D eigenvalue weighted by Crippen LogP contribution is -2.40. The van der Waals surface area contributed by atoms with Gasteiger partial charge in [-0.15, -0.1) is 0 Å². The summed E-state index contributed by atoms with van der Waals surface area (Å²) in [6, 6.07) is 10.0. The van der Waals surface area contributed by atoms with Crippen LogP contribution in [-0.2, 0) is 4.74 Å². The third kappa shape index (κ3) is 4.60.